The lowest BCUT2D eigenvalue weighted by molar-refractivity contribution is -0.137. The number of alkyl halides is 3. The van der Waals surface area contributed by atoms with E-state index in [-0.39, 0.29) is 41.1 Å². The van der Waals surface area contributed by atoms with Gasteiger partial charge in [0, 0.05) is 72.7 Å². The summed E-state index contributed by atoms with van der Waals surface area (Å²) in [7, 11) is 0. The zero-order chi connectivity index (χ0) is 30.8. The third-order valence-corrected chi connectivity index (χ3v) is 8.43. The maximum absolute atomic E-state index is 13.8. The monoisotopic (exact) mass is 627 g/mol. The molecule has 0 N–H and O–H groups in total. The zero-order valence-electron chi connectivity index (χ0n) is 23.6. The lowest BCUT2D eigenvalue weighted by Crippen LogP contribution is -2.39. The number of carbonyl (C=O) groups is 2. The molecule has 2 aliphatic heterocycles. The smallest absolute Gasteiger partial charge is 0.417 e. The summed E-state index contributed by atoms with van der Waals surface area (Å²) >= 11 is 6.04. The Morgan fingerprint density at radius 1 is 0.932 bits per heavy atom. The van der Waals surface area contributed by atoms with Gasteiger partial charge in [-0.3, -0.25) is 14.6 Å². The number of halogens is 4. The first-order valence-electron chi connectivity index (χ1n) is 14.4. The molecule has 0 aliphatic carbocycles. The molecular formula is C30H29ClF3N7O3. The number of aromatic nitrogens is 5. The molecule has 230 valence electrons. The first-order chi connectivity index (χ1) is 21.2. The van der Waals surface area contributed by atoms with E-state index in [1.165, 1.54) is 6.20 Å². The molecule has 2 fully saturated rings. The molecule has 0 radical (unpaired) electrons. The minimum Gasteiger partial charge on any atom is -0.471 e. The molecule has 3 aromatic heterocycles. The highest BCUT2D eigenvalue weighted by molar-refractivity contribution is 6.31. The van der Waals surface area contributed by atoms with Gasteiger partial charge in [0.15, 0.2) is 0 Å². The Morgan fingerprint density at radius 2 is 1.68 bits per heavy atom. The van der Waals surface area contributed by atoms with Crippen molar-refractivity contribution in [1.82, 2.24) is 34.8 Å². The van der Waals surface area contributed by atoms with Gasteiger partial charge in [0.2, 0.25) is 5.88 Å². The Morgan fingerprint density at radius 3 is 2.36 bits per heavy atom. The van der Waals surface area contributed by atoms with Crippen molar-refractivity contribution in [2.45, 2.75) is 50.9 Å². The van der Waals surface area contributed by atoms with Crippen LogP contribution in [0.2, 0.25) is 5.02 Å². The van der Waals surface area contributed by atoms with E-state index in [2.05, 4.69) is 20.3 Å². The Balaban J connectivity index is 1.26. The van der Waals surface area contributed by atoms with Crippen LogP contribution in [-0.4, -0.2) is 72.8 Å². The van der Waals surface area contributed by atoms with E-state index >= 15 is 0 Å². The van der Waals surface area contributed by atoms with Crippen molar-refractivity contribution in [2.75, 3.05) is 26.2 Å². The van der Waals surface area contributed by atoms with Crippen LogP contribution in [0.1, 0.15) is 70.1 Å². The van der Waals surface area contributed by atoms with E-state index in [4.69, 9.17) is 16.3 Å². The molecule has 1 aromatic carbocycles. The molecule has 4 aromatic rings. The topological polar surface area (TPSA) is 106 Å². The van der Waals surface area contributed by atoms with Crippen molar-refractivity contribution in [1.29, 1.82) is 0 Å². The van der Waals surface area contributed by atoms with Crippen molar-refractivity contribution < 1.29 is 27.5 Å². The third-order valence-electron chi connectivity index (χ3n) is 8.10. The van der Waals surface area contributed by atoms with Crippen LogP contribution in [0, 0.1) is 0 Å². The first kappa shape index (κ1) is 29.8. The van der Waals surface area contributed by atoms with E-state index in [9.17, 15) is 22.8 Å². The highest BCUT2D eigenvalue weighted by Gasteiger charge is 2.32. The van der Waals surface area contributed by atoms with Crippen molar-refractivity contribution in [3.8, 4) is 5.88 Å². The number of amides is 2. The number of hydrogen-bond donors (Lipinski definition) is 0. The number of rotatable bonds is 6. The maximum atomic E-state index is 13.8. The van der Waals surface area contributed by atoms with E-state index in [1.54, 1.807) is 34.2 Å². The summed E-state index contributed by atoms with van der Waals surface area (Å²) in [5.74, 6) is -0.212. The molecule has 0 saturated carbocycles. The number of hydrogen-bond acceptors (Lipinski definition) is 7. The minimum atomic E-state index is -4.57. The minimum absolute atomic E-state index is 0.111. The standard InChI is InChI=1S/C30H29ClF3N7O3/c31-25-14-21(30(32,33)34)17-35-26(25)18-44-27-15-23-20(16-36-27)12-19(13-24(23)29(43)39-7-2-1-3-8-39)28(42)40-9-4-22(5-10-40)41-11-6-37-38-41/h6,11-17,22H,1-5,7-10,18H2. The largest absolute Gasteiger partial charge is 0.471 e. The van der Waals surface area contributed by atoms with Crippen molar-refractivity contribution in [3.63, 3.8) is 0 Å². The van der Waals surface area contributed by atoms with Crippen LogP contribution >= 0.6 is 11.6 Å². The summed E-state index contributed by atoms with van der Waals surface area (Å²) in [5.41, 5.74) is -0.0861. The van der Waals surface area contributed by atoms with Gasteiger partial charge in [-0.2, -0.15) is 13.2 Å². The Kier molecular flexibility index (Phi) is 8.39. The van der Waals surface area contributed by atoms with Crippen LogP contribution in [0.25, 0.3) is 10.8 Å². The Labute approximate surface area is 255 Å². The first-order valence-corrected chi connectivity index (χ1v) is 14.8. The van der Waals surface area contributed by atoms with Crippen LogP contribution in [0.4, 0.5) is 13.2 Å². The van der Waals surface area contributed by atoms with Gasteiger partial charge in [0.1, 0.15) is 6.61 Å². The number of fused-ring (bicyclic) bond motifs is 1. The summed E-state index contributed by atoms with van der Waals surface area (Å²) in [6.45, 7) is 2.11. The van der Waals surface area contributed by atoms with E-state index < -0.39 is 11.7 Å². The molecule has 2 amide bonds. The fourth-order valence-corrected chi connectivity index (χ4v) is 5.90. The molecule has 0 atom stereocenters. The fourth-order valence-electron chi connectivity index (χ4n) is 5.68. The molecule has 0 unspecified atom stereocenters. The summed E-state index contributed by atoms with van der Waals surface area (Å²) < 4.78 is 46.5. The number of likely N-dealkylation sites (tertiary alicyclic amines) is 2. The van der Waals surface area contributed by atoms with Gasteiger partial charge in [0.25, 0.3) is 11.8 Å². The molecule has 44 heavy (non-hydrogen) atoms. The van der Waals surface area contributed by atoms with Gasteiger partial charge in [0.05, 0.1) is 28.5 Å². The number of pyridine rings is 2. The maximum Gasteiger partial charge on any atom is 0.417 e. The molecule has 10 nitrogen and oxygen atoms in total. The molecule has 2 saturated heterocycles. The number of carbonyl (C=O) groups excluding carboxylic acids is 2. The van der Waals surface area contributed by atoms with Gasteiger partial charge >= 0.3 is 6.18 Å². The molecular weight excluding hydrogens is 599 g/mol. The summed E-state index contributed by atoms with van der Waals surface area (Å²) in [5, 5.41) is 8.92. The molecule has 5 heterocycles. The Bertz CT molecular complexity index is 1670. The van der Waals surface area contributed by atoms with E-state index in [0.29, 0.717) is 54.3 Å². The van der Waals surface area contributed by atoms with Gasteiger partial charge in [-0.1, -0.05) is 16.8 Å². The summed E-state index contributed by atoms with van der Waals surface area (Å²) in [6, 6.07) is 5.93. The van der Waals surface area contributed by atoms with E-state index in [0.717, 1.165) is 38.2 Å². The zero-order valence-corrected chi connectivity index (χ0v) is 24.4. The second-order valence-electron chi connectivity index (χ2n) is 11.0. The van der Waals surface area contributed by atoms with Gasteiger partial charge < -0.3 is 14.5 Å². The predicted molar refractivity (Wildman–Crippen MR) is 154 cm³/mol. The molecule has 2 aliphatic rings. The van der Waals surface area contributed by atoms with Crippen molar-refractivity contribution >= 4 is 34.2 Å². The fraction of sp³-hybridized carbons (Fsp3) is 0.400. The van der Waals surface area contributed by atoms with Crippen LogP contribution in [0.5, 0.6) is 5.88 Å². The molecule has 0 spiro atoms. The van der Waals surface area contributed by atoms with Gasteiger partial charge in [-0.15, -0.1) is 5.10 Å². The van der Waals surface area contributed by atoms with E-state index in [1.807, 2.05) is 10.9 Å². The summed E-state index contributed by atoms with van der Waals surface area (Å²) in [4.78, 5) is 39.2. The highest BCUT2D eigenvalue weighted by Crippen LogP contribution is 2.32. The number of piperidine rings is 2. The van der Waals surface area contributed by atoms with Crippen LogP contribution < -0.4 is 4.74 Å². The molecule has 6 rings (SSSR count). The predicted octanol–water partition coefficient (Wildman–Crippen LogP) is 5.58. The average molecular weight is 628 g/mol. The number of ether oxygens (including phenoxy) is 1. The van der Waals surface area contributed by atoms with Crippen LogP contribution in [0.3, 0.4) is 0 Å². The van der Waals surface area contributed by atoms with Crippen molar-refractivity contribution in [2.24, 2.45) is 0 Å². The number of nitrogens with zero attached hydrogens (tertiary/aromatic N) is 7. The van der Waals surface area contributed by atoms with Crippen LogP contribution in [-0.2, 0) is 12.8 Å². The van der Waals surface area contributed by atoms with Crippen LogP contribution in [0.15, 0.2) is 49.1 Å². The van der Waals surface area contributed by atoms with Gasteiger partial charge in [-0.25, -0.2) is 9.67 Å². The lowest BCUT2D eigenvalue weighted by atomic mass is 9.98. The second-order valence-corrected chi connectivity index (χ2v) is 11.4. The summed E-state index contributed by atoms with van der Waals surface area (Å²) in [6.07, 6.45) is 5.45. The molecule has 0 bridgehead atoms. The Hall–Kier alpha value is -4.26. The molecule has 14 heteroatoms. The normalized spacial score (nSPS) is 16.4. The number of benzene rings is 1. The second kappa shape index (κ2) is 12.4. The highest BCUT2D eigenvalue weighted by atomic mass is 35.5. The van der Waals surface area contributed by atoms with Gasteiger partial charge in [-0.05, 0) is 50.3 Å². The third kappa shape index (κ3) is 6.33. The lowest BCUT2D eigenvalue weighted by Gasteiger charge is -2.32. The average Bonchev–Trinajstić information content (AvgIpc) is 3.58. The quantitative estimate of drug-likeness (QED) is 0.275. The van der Waals surface area contributed by atoms with Crippen molar-refractivity contribution in [3.05, 3.63) is 76.5 Å². The SMILES string of the molecule is O=C(c1cc(C(=O)N2CCCCC2)c2cc(OCc3ncc(C(F)(F)F)cc3Cl)ncc2c1)N1CCC(n2ccnn2)CC1.